The third kappa shape index (κ3) is 4.17. The number of nitrogens with zero attached hydrogens (tertiary/aromatic N) is 4. The van der Waals surface area contributed by atoms with Gasteiger partial charge in [0.2, 0.25) is 5.91 Å². The van der Waals surface area contributed by atoms with Crippen molar-refractivity contribution in [3.05, 3.63) is 52.9 Å². The summed E-state index contributed by atoms with van der Waals surface area (Å²) in [6.45, 7) is 3.02. The second kappa shape index (κ2) is 8.91. The molecule has 156 valence electrons. The lowest BCUT2D eigenvalue weighted by Gasteiger charge is -2.28. The SMILES string of the molecule is O=C(CSc1nnc(-c2cccs2)n1C[C@H]1CCCO1)N1CCc2ccccc2C1. The van der Waals surface area contributed by atoms with Crippen LogP contribution in [0.5, 0.6) is 0 Å². The average Bonchev–Trinajstić information content (AvgIpc) is 3.54. The largest absolute Gasteiger partial charge is 0.376 e. The number of rotatable bonds is 6. The molecule has 0 N–H and O–H groups in total. The number of amides is 1. The highest BCUT2D eigenvalue weighted by atomic mass is 32.2. The standard InChI is InChI=1S/C22H24N4O2S2/c27-20(25-10-9-16-5-1-2-6-17(16)13-25)15-30-22-24-23-21(19-8-4-12-29-19)26(22)14-18-7-3-11-28-18/h1-2,4-6,8,12,18H,3,7,9-11,13-15H2/t18-/m1/s1. The summed E-state index contributed by atoms with van der Waals surface area (Å²) >= 11 is 3.13. The van der Waals surface area contributed by atoms with E-state index >= 15 is 0 Å². The Morgan fingerprint density at radius 3 is 2.90 bits per heavy atom. The second-order valence-corrected chi connectivity index (χ2v) is 9.54. The van der Waals surface area contributed by atoms with Crippen molar-refractivity contribution in [3.8, 4) is 10.7 Å². The van der Waals surface area contributed by atoms with Crippen LogP contribution < -0.4 is 0 Å². The molecule has 2 aliphatic heterocycles. The maximum Gasteiger partial charge on any atom is 0.233 e. The Balaban J connectivity index is 1.29. The monoisotopic (exact) mass is 440 g/mol. The van der Waals surface area contributed by atoms with E-state index < -0.39 is 0 Å². The quantitative estimate of drug-likeness (QED) is 0.545. The van der Waals surface area contributed by atoms with Crippen LogP contribution in [-0.4, -0.2) is 50.6 Å². The van der Waals surface area contributed by atoms with Crippen LogP contribution in [0, 0.1) is 0 Å². The van der Waals surface area contributed by atoms with Gasteiger partial charge in [-0.25, -0.2) is 0 Å². The molecule has 0 saturated carbocycles. The zero-order valence-electron chi connectivity index (χ0n) is 16.7. The Morgan fingerprint density at radius 1 is 1.20 bits per heavy atom. The van der Waals surface area contributed by atoms with Crippen LogP contribution in [0.2, 0.25) is 0 Å². The molecule has 8 heteroatoms. The van der Waals surface area contributed by atoms with Crippen LogP contribution in [0.25, 0.3) is 10.7 Å². The maximum atomic E-state index is 12.9. The van der Waals surface area contributed by atoms with E-state index in [1.165, 1.54) is 22.9 Å². The molecule has 1 aromatic carbocycles. The molecule has 2 aliphatic rings. The highest BCUT2D eigenvalue weighted by Gasteiger charge is 2.24. The molecule has 1 amide bonds. The number of thioether (sulfide) groups is 1. The topological polar surface area (TPSA) is 60.3 Å². The lowest BCUT2D eigenvalue weighted by molar-refractivity contribution is -0.129. The van der Waals surface area contributed by atoms with Gasteiger partial charge in [-0.15, -0.1) is 21.5 Å². The fourth-order valence-corrected chi connectivity index (χ4v) is 5.63. The Labute approximate surface area is 184 Å². The van der Waals surface area contributed by atoms with Gasteiger partial charge in [-0.2, -0.15) is 0 Å². The molecule has 1 fully saturated rings. The number of thiophene rings is 1. The first-order chi connectivity index (χ1) is 14.8. The number of hydrogen-bond acceptors (Lipinski definition) is 6. The predicted octanol–water partition coefficient (Wildman–Crippen LogP) is 3.86. The van der Waals surface area contributed by atoms with E-state index in [0.717, 1.165) is 54.8 Å². The Bertz CT molecular complexity index is 1010. The Kier molecular flexibility index (Phi) is 5.88. The minimum Gasteiger partial charge on any atom is -0.376 e. The van der Waals surface area contributed by atoms with Gasteiger partial charge in [-0.3, -0.25) is 9.36 Å². The fourth-order valence-electron chi connectivity index (χ4n) is 4.07. The number of fused-ring (bicyclic) bond motifs is 1. The summed E-state index contributed by atoms with van der Waals surface area (Å²) in [5, 5.41) is 11.7. The maximum absolute atomic E-state index is 12.9. The normalized spacial score (nSPS) is 18.5. The van der Waals surface area contributed by atoms with Crippen molar-refractivity contribution in [2.75, 3.05) is 18.9 Å². The highest BCUT2D eigenvalue weighted by molar-refractivity contribution is 7.99. The van der Waals surface area contributed by atoms with E-state index in [9.17, 15) is 4.79 Å². The van der Waals surface area contributed by atoms with Crippen molar-refractivity contribution in [2.45, 2.75) is 43.6 Å². The van der Waals surface area contributed by atoms with Crippen molar-refractivity contribution >= 4 is 29.0 Å². The van der Waals surface area contributed by atoms with Gasteiger partial charge in [-0.05, 0) is 41.8 Å². The molecule has 6 nitrogen and oxygen atoms in total. The van der Waals surface area contributed by atoms with Crippen LogP contribution in [0.15, 0.2) is 46.9 Å². The number of hydrogen-bond donors (Lipinski definition) is 0. The van der Waals surface area contributed by atoms with Gasteiger partial charge in [0.25, 0.3) is 0 Å². The minimum atomic E-state index is 0.152. The number of ether oxygens (including phenoxy) is 1. The summed E-state index contributed by atoms with van der Waals surface area (Å²) in [4.78, 5) is 15.9. The highest BCUT2D eigenvalue weighted by Crippen LogP contribution is 2.29. The minimum absolute atomic E-state index is 0.152. The Hall–Kier alpha value is -2.16. The third-order valence-electron chi connectivity index (χ3n) is 5.68. The summed E-state index contributed by atoms with van der Waals surface area (Å²) in [6, 6.07) is 12.5. The molecule has 0 spiro atoms. The van der Waals surface area contributed by atoms with E-state index in [1.54, 1.807) is 11.3 Å². The van der Waals surface area contributed by atoms with Crippen molar-refractivity contribution in [2.24, 2.45) is 0 Å². The van der Waals surface area contributed by atoms with E-state index in [-0.39, 0.29) is 12.0 Å². The second-order valence-electron chi connectivity index (χ2n) is 7.65. The van der Waals surface area contributed by atoms with Gasteiger partial charge in [0.1, 0.15) is 0 Å². The molecule has 3 aromatic rings. The summed E-state index contributed by atoms with van der Waals surface area (Å²) in [5.41, 5.74) is 2.61. The number of carbonyl (C=O) groups is 1. The van der Waals surface area contributed by atoms with Crippen molar-refractivity contribution < 1.29 is 9.53 Å². The fraction of sp³-hybridized carbons (Fsp3) is 0.409. The number of carbonyl (C=O) groups excluding carboxylic acids is 1. The van der Waals surface area contributed by atoms with Gasteiger partial charge >= 0.3 is 0 Å². The van der Waals surface area contributed by atoms with Crippen LogP contribution in [-0.2, 0) is 29.0 Å². The zero-order valence-corrected chi connectivity index (χ0v) is 18.3. The van der Waals surface area contributed by atoms with Crippen molar-refractivity contribution in [1.29, 1.82) is 0 Å². The number of aromatic nitrogens is 3. The zero-order chi connectivity index (χ0) is 20.3. The lowest BCUT2D eigenvalue weighted by atomic mass is 10.00. The first-order valence-corrected chi connectivity index (χ1v) is 12.2. The smallest absolute Gasteiger partial charge is 0.233 e. The van der Waals surface area contributed by atoms with Gasteiger partial charge in [0.05, 0.1) is 23.3 Å². The van der Waals surface area contributed by atoms with E-state index in [0.29, 0.717) is 12.3 Å². The molecule has 30 heavy (non-hydrogen) atoms. The summed E-state index contributed by atoms with van der Waals surface area (Å²) in [6.07, 6.45) is 3.26. The molecule has 0 bridgehead atoms. The first-order valence-electron chi connectivity index (χ1n) is 10.3. The van der Waals surface area contributed by atoms with Crippen LogP contribution in [0.1, 0.15) is 24.0 Å². The molecule has 2 aromatic heterocycles. The molecular formula is C22H24N4O2S2. The molecule has 0 unspecified atom stereocenters. The predicted molar refractivity (Wildman–Crippen MR) is 119 cm³/mol. The molecular weight excluding hydrogens is 416 g/mol. The molecule has 0 radical (unpaired) electrons. The molecule has 4 heterocycles. The van der Waals surface area contributed by atoms with Crippen LogP contribution in [0.4, 0.5) is 0 Å². The Morgan fingerprint density at radius 2 is 2.10 bits per heavy atom. The number of benzene rings is 1. The van der Waals surface area contributed by atoms with Gasteiger partial charge < -0.3 is 9.64 Å². The van der Waals surface area contributed by atoms with Crippen molar-refractivity contribution in [1.82, 2.24) is 19.7 Å². The summed E-state index contributed by atoms with van der Waals surface area (Å²) < 4.78 is 7.98. The third-order valence-corrected chi connectivity index (χ3v) is 7.49. The molecule has 1 saturated heterocycles. The van der Waals surface area contributed by atoms with Gasteiger partial charge in [0, 0.05) is 19.7 Å². The molecule has 5 rings (SSSR count). The van der Waals surface area contributed by atoms with Gasteiger partial charge in [-0.1, -0.05) is 42.1 Å². The van der Waals surface area contributed by atoms with E-state index in [1.807, 2.05) is 22.4 Å². The first kappa shape index (κ1) is 19.8. The lowest BCUT2D eigenvalue weighted by Crippen LogP contribution is -2.37. The molecule has 1 atom stereocenters. The van der Waals surface area contributed by atoms with Crippen LogP contribution >= 0.6 is 23.1 Å². The van der Waals surface area contributed by atoms with Crippen LogP contribution in [0.3, 0.4) is 0 Å². The van der Waals surface area contributed by atoms with Crippen molar-refractivity contribution in [3.63, 3.8) is 0 Å². The summed E-state index contributed by atoms with van der Waals surface area (Å²) in [5.74, 6) is 1.39. The average molecular weight is 441 g/mol. The van der Waals surface area contributed by atoms with E-state index in [4.69, 9.17) is 4.74 Å². The molecule has 0 aliphatic carbocycles. The summed E-state index contributed by atoms with van der Waals surface area (Å²) in [7, 11) is 0. The van der Waals surface area contributed by atoms with E-state index in [2.05, 4.69) is 39.0 Å². The van der Waals surface area contributed by atoms with Gasteiger partial charge in [0.15, 0.2) is 11.0 Å².